The lowest BCUT2D eigenvalue weighted by Gasteiger charge is -2.12. The van der Waals surface area contributed by atoms with Crippen LogP contribution < -0.4 is 10.6 Å². The van der Waals surface area contributed by atoms with Gasteiger partial charge in [0.2, 0.25) is 5.95 Å². The summed E-state index contributed by atoms with van der Waals surface area (Å²) in [5.74, 6) is 0.983. The van der Waals surface area contributed by atoms with E-state index in [1.807, 2.05) is 13.8 Å². The van der Waals surface area contributed by atoms with E-state index in [4.69, 9.17) is 5.11 Å². The zero-order valence-corrected chi connectivity index (χ0v) is 13.0. The molecule has 2 heterocycles. The molecule has 23 heavy (non-hydrogen) atoms. The number of fused-ring (bicyclic) bond motifs is 1. The minimum atomic E-state index is 0.00160. The van der Waals surface area contributed by atoms with Crippen molar-refractivity contribution in [3.63, 3.8) is 0 Å². The Morgan fingerprint density at radius 3 is 2.74 bits per heavy atom. The Hall–Kier alpha value is -2.80. The Balaban J connectivity index is 2.05. The lowest BCUT2D eigenvalue weighted by molar-refractivity contribution is 0.311. The van der Waals surface area contributed by atoms with E-state index in [1.165, 1.54) is 0 Å². The van der Waals surface area contributed by atoms with Crippen LogP contribution in [0.5, 0.6) is 0 Å². The maximum atomic E-state index is 8.95. The summed E-state index contributed by atoms with van der Waals surface area (Å²) in [4.78, 5) is 17.3. The van der Waals surface area contributed by atoms with Gasteiger partial charge in [-0.25, -0.2) is 9.97 Å². The third-order valence-corrected chi connectivity index (χ3v) is 3.37. The van der Waals surface area contributed by atoms with E-state index < -0.39 is 0 Å². The number of aliphatic hydroxyl groups excluding tert-OH is 1. The molecule has 7 heteroatoms. The number of nitrogens with zero attached hydrogens (tertiary/aromatic N) is 4. The topological polar surface area (TPSA) is 95.9 Å². The highest BCUT2D eigenvalue weighted by atomic mass is 16.3. The molecule has 1 aromatic carbocycles. The summed E-state index contributed by atoms with van der Waals surface area (Å²) in [6, 6.07) is 6.17. The molecule has 7 nitrogen and oxygen atoms in total. The molecule has 3 N–H and O–H groups in total. The predicted molar refractivity (Wildman–Crippen MR) is 89.9 cm³/mol. The molecular weight excluding hydrogens is 292 g/mol. The maximum absolute atomic E-state index is 8.95. The van der Waals surface area contributed by atoms with Crippen molar-refractivity contribution in [3.05, 3.63) is 41.7 Å². The monoisotopic (exact) mass is 310 g/mol. The van der Waals surface area contributed by atoms with E-state index in [2.05, 4.69) is 48.8 Å². The third-order valence-electron chi connectivity index (χ3n) is 3.37. The number of nitrogens with one attached hydrogen (secondary N) is 2. The van der Waals surface area contributed by atoms with Crippen LogP contribution in [0.25, 0.3) is 11.2 Å². The molecule has 3 aromatic rings. The quantitative estimate of drug-likeness (QED) is 0.664. The van der Waals surface area contributed by atoms with Gasteiger partial charge in [-0.1, -0.05) is 12.1 Å². The van der Waals surface area contributed by atoms with Crippen molar-refractivity contribution in [2.45, 2.75) is 13.8 Å². The average molecular weight is 310 g/mol. The minimum absolute atomic E-state index is 0.00160. The molecule has 0 aliphatic carbocycles. The normalized spacial score (nSPS) is 10.7. The summed E-state index contributed by atoms with van der Waals surface area (Å²) in [5.41, 5.74) is 4.32. The lowest BCUT2D eigenvalue weighted by atomic mass is 10.1. The second-order valence-corrected chi connectivity index (χ2v) is 5.22. The van der Waals surface area contributed by atoms with Crippen molar-refractivity contribution < 1.29 is 5.11 Å². The van der Waals surface area contributed by atoms with Gasteiger partial charge in [0.1, 0.15) is 0 Å². The van der Waals surface area contributed by atoms with E-state index in [9.17, 15) is 0 Å². The van der Waals surface area contributed by atoms with Gasteiger partial charge in [-0.3, -0.25) is 0 Å². The number of hydrogen-bond donors (Lipinski definition) is 3. The number of hydrogen-bond acceptors (Lipinski definition) is 7. The standard InChI is InChI=1S/C16H18N6O/c1-10-3-4-11(2)12(9-10)20-15-13-14(18-6-5-17-13)21-16(22-15)19-7-8-23/h3-6,9,23H,7-8H2,1-2H3,(H2,18,19,20,21,22). The largest absolute Gasteiger partial charge is 0.395 e. The Morgan fingerprint density at radius 1 is 1.09 bits per heavy atom. The molecule has 0 saturated heterocycles. The van der Waals surface area contributed by atoms with Crippen LogP contribution in [0.4, 0.5) is 17.5 Å². The van der Waals surface area contributed by atoms with Crippen LogP contribution >= 0.6 is 0 Å². The van der Waals surface area contributed by atoms with E-state index in [-0.39, 0.29) is 6.61 Å². The molecular formula is C16H18N6O. The van der Waals surface area contributed by atoms with Crippen LogP contribution in [0.1, 0.15) is 11.1 Å². The molecule has 0 aliphatic heterocycles. The molecule has 3 rings (SSSR count). The summed E-state index contributed by atoms with van der Waals surface area (Å²) in [6.07, 6.45) is 3.20. The molecule has 118 valence electrons. The fourth-order valence-electron chi connectivity index (χ4n) is 2.20. The van der Waals surface area contributed by atoms with Crippen LogP contribution in [0.3, 0.4) is 0 Å². The van der Waals surface area contributed by atoms with Gasteiger partial charge in [0.25, 0.3) is 0 Å². The van der Waals surface area contributed by atoms with Crippen molar-refractivity contribution in [2.24, 2.45) is 0 Å². The minimum Gasteiger partial charge on any atom is -0.395 e. The molecule has 0 bridgehead atoms. The second kappa shape index (κ2) is 6.53. The molecule has 0 fully saturated rings. The van der Waals surface area contributed by atoms with Crippen molar-refractivity contribution in [1.82, 2.24) is 19.9 Å². The maximum Gasteiger partial charge on any atom is 0.226 e. The summed E-state index contributed by atoms with van der Waals surface area (Å²) in [7, 11) is 0. The van der Waals surface area contributed by atoms with Gasteiger partial charge in [0.05, 0.1) is 6.61 Å². The Morgan fingerprint density at radius 2 is 1.91 bits per heavy atom. The summed E-state index contributed by atoms with van der Waals surface area (Å²) >= 11 is 0. The Kier molecular flexibility index (Phi) is 4.29. The number of anilines is 3. The summed E-state index contributed by atoms with van der Waals surface area (Å²) in [6.45, 7) is 4.44. The smallest absolute Gasteiger partial charge is 0.226 e. The van der Waals surface area contributed by atoms with Crippen molar-refractivity contribution >= 4 is 28.6 Å². The number of benzene rings is 1. The Bertz CT molecular complexity index is 836. The number of aryl methyl sites for hydroxylation is 2. The third kappa shape index (κ3) is 3.35. The summed E-state index contributed by atoms with van der Waals surface area (Å²) in [5, 5.41) is 15.2. The highest BCUT2D eigenvalue weighted by Gasteiger charge is 2.11. The number of aromatic nitrogens is 4. The first-order valence-corrected chi connectivity index (χ1v) is 7.35. The number of rotatable bonds is 5. The van der Waals surface area contributed by atoms with Gasteiger partial charge in [-0.2, -0.15) is 9.97 Å². The van der Waals surface area contributed by atoms with Crippen LogP contribution in [0.2, 0.25) is 0 Å². The van der Waals surface area contributed by atoms with Gasteiger partial charge in [-0.05, 0) is 31.0 Å². The Labute approximate surface area is 133 Å². The molecule has 0 unspecified atom stereocenters. The first-order valence-electron chi connectivity index (χ1n) is 7.35. The zero-order chi connectivity index (χ0) is 16.2. The molecule has 0 radical (unpaired) electrons. The average Bonchev–Trinajstić information content (AvgIpc) is 2.56. The van der Waals surface area contributed by atoms with Crippen LogP contribution in [-0.4, -0.2) is 38.2 Å². The van der Waals surface area contributed by atoms with Gasteiger partial charge in [0.15, 0.2) is 17.0 Å². The van der Waals surface area contributed by atoms with E-state index in [1.54, 1.807) is 12.4 Å². The molecule has 0 saturated carbocycles. The van der Waals surface area contributed by atoms with Crippen molar-refractivity contribution in [3.8, 4) is 0 Å². The highest BCUT2D eigenvalue weighted by molar-refractivity contribution is 5.86. The number of aliphatic hydroxyl groups is 1. The van der Waals surface area contributed by atoms with E-state index >= 15 is 0 Å². The van der Waals surface area contributed by atoms with Gasteiger partial charge >= 0.3 is 0 Å². The van der Waals surface area contributed by atoms with Gasteiger partial charge in [-0.15, -0.1) is 0 Å². The van der Waals surface area contributed by atoms with Crippen LogP contribution in [0.15, 0.2) is 30.6 Å². The second-order valence-electron chi connectivity index (χ2n) is 5.22. The zero-order valence-electron chi connectivity index (χ0n) is 13.0. The van der Waals surface area contributed by atoms with Crippen molar-refractivity contribution in [2.75, 3.05) is 23.8 Å². The molecule has 0 atom stereocenters. The van der Waals surface area contributed by atoms with Gasteiger partial charge in [0, 0.05) is 24.6 Å². The van der Waals surface area contributed by atoms with Crippen LogP contribution in [-0.2, 0) is 0 Å². The van der Waals surface area contributed by atoms with E-state index in [0.717, 1.165) is 16.8 Å². The predicted octanol–water partition coefficient (Wildman–Crippen LogP) is 2.18. The first-order chi connectivity index (χ1) is 11.2. The van der Waals surface area contributed by atoms with E-state index in [0.29, 0.717) is 29.5 Å². The van der Waals surface area contributed by atoms with Crippen LogP contribution in [0, 0.1) is 13.8 Å². The lowest BCUT2D eigenvalue weighted by Crippen LogP contribution is -2.10. The molecule has 0 amide bonds. The fourth-order valence-corrected chi connectivity index (χ4v) is 2.20. The fraction of sp³-hybridized carbons (Fsp3) is 0.250. The van der Waals surface area contributed by atoms with Gasteiger partial charge < -0.3 is 15.7 Å². The first kappa shape index (κ1) is 15.1. The van der Waals surface area contributed by atoms with Crippen molar-refractivity contribution in [1.29, 1.82) is 0 Å². The SMILES string of the molecule is Cc1ccc(C)c(Nc2nc(NCCO)nc3nccnc23)c1. The molecule has 0 spiro atoms. The molecule has 0 aliphatic rings. The molecule has 2 aromatic heterocycles. The summed E-state index contributed by atoms with van der Waals surface area (Å²) < 4.78 is 0. The highest BCUT2D eigenvalue weighted by Crippen LogP contribution is 2.25.